The van der Waals surface area contributed by atoms with Crippen molar-refractivity contribution in [1.29, 1.82) is 0 Å². The molecular weight excluding hydrogens is 319 g/mol. The molecule has 1 aromatic rings. The average molecular weight is 333 g/mol. The zero-order valence-electron chi connectivity index (χ0n) is 11.9. The minimum Gasteiger partial charge on any atom is -0.480 e. The van der Waals surface area contributed by atoms with E-state index < -0.39 is 52.3 Å². The Bertz CT molecular complexity index is 621. The quantitative estimate of drug-likeness (QED) is 0.636. The Morgan fingerprint density at radius 2 is 2.05 bits per heavy atom. The molecular formula is C13H14ClFN2O5. The second kappa shape index (κ2) is 7.17. The van der Waals surface area contributed by atoms with E-state index in [1.54, 1.807) is 13.8 Å². The van der Waals surface area contributed by atoms with E-state index in [0.29, 0.717) is 0 Å². The molecule has 0 aliphatic rings. The lowest BCUT2D eigenvalue weighted by molar-refractivity contribution is -0.385. The molecule has 1 amide bonds. The first-order valence-electron chi connectivity index (χ1n) is 6.27. The minimum absolute atomic E-state index is 0.159. The number of nitro benzene ring substituents is 1. The third kappa shape index (κ3) is 4.39. The zero-order chi connectivity index (χ0) is 17.0. The van der Waals surface area contributed by atoms with E-state index in [1.807, 2.05) is 0 Å². The van der Waals surface area contributed by atoms with Gasteiger partial charge in [-0.3, -0.25) is 19.7 Å². The number of carboxylic acids is 1. The molecule has 0 aromatic heterocycles. The monoisotopic (exact) mass is 332 g/mol. The summed E-state index contributed by atoms with van der Waals surface area (Å²) in [4.78, 5) is 34.1. The first-order valence-corrected chi connectivity index (χ1v) is 6.64. The Kier molecular flexibility index (Phi) is 5.81. The Balaban J connectivity index is 3.11. The van der Waals surface area contributed by atoms with Gasteiger partial charge in [-0.1, -0.05) is 11.6 Å². The fourth-order valence-corrected chi connectivity index (χ4v) is 2.02. The van der Waals surface area contributed by atoms with Gasteiger partial charge in [-0.05, 0) is 19.9 Å². The second-order valence-electron chi connectivity index (χ2n) is 4.84. The van der Waals surface area contributed by atoms with Gasteiger partial charge in [0, 0.05) is 17.7 Å². The number of nitro groups is 1. The summed E-state index contributed by atoms with van der Waals surface area (Å²) in [6, 6.07) is 1.23. The number of carboxylic acid groups (broad SMARTS) is 1. The molecule has 22 heavy (non-hydrogen) atoms. The van der Waals surface area contributed by atoms with Crippen LogP contribution in [-0.2, 0) is 16.0 Å². The molecule has 0 unspecified atom stereocenters. The summed E-state index contributed by atoms with van der Waals surface area (Å²) in [5, 5.41) is 19.3. The van der Waals surface area contributed by atoms with Gasteiger partial charge in [0.25, 0.3) is 5.69 Å². The van der Waals surface area contributed by atoms with Gasteiger partial charge < -0.3 is 10.0 Å². The number of hydrogen-bond acceptors (Lipinski definition) is 4. The highest BCUT2D eigenvalue weighted by atomic mass is 35.5. The predicted molar refractivity (Wildman–Crippen MR) is 76.3 cm³/mol. The van der Waals surface area contributed by atoms with Gasteiger partial charge in [0.05, 0.1) is 16.4 Å². The number of nitrogens with zero attached hydrogens (tertiary/aromatic N) is 2. The largest absolute Gasteiger partial charge is 0.480 e. The number of rotatable bonds is 6. The first kappa shape index (κ1) is 17.8. The normalized spacial score (nSPS) is 10.6. The molecule has 0 aliphatic carbocycles. The highest BCUT2D eigenvalue weighted by Gasteiger charge is 2.25. The summed E-state index contributed by atoms with van der Waals surface area (Å²) >= 11 is 5.50. The van der Waals surface area contributed by atoms with Gasteiger partial charge in [-0.2, -0.15) is 0 Å². The van der Waals surface area contributed by atoms with Crippen LogP contribution in [0.2, 0.25) is 5.02 Å². The molecule has 0 aliphatic heterocycles. The maximum Gasteiger partial charge on any atom is 0.323 e. The fourth-order valence-electron chi connectivity index (χ4n) is 1.86. The van der Waals surface area contributed by atoms with Gasteiger partial charge in [-0.15, -0.1) is 0 Å². The number of amides is 1. The summed E-state index contributed by atoms with van der Waals surface area (Å²) in [5.74, 6) is -2.74. The highest BCUT2D eigenvalue weighted by molar-refractivity contribution is 6.31. The molecule has 0 bridgehead atoms. The van der Waals surface area contributed by atoms with Crippen LogP contribution in [0.3, 0.4) is 0 Å². The van der Waals surface area contributed by atoms with Crippen LogP contribution in [-0.4, -0.2) is 39.4 Å². The van der Waals surface area contributed by atoms with E-state index in [4.69, 9.17) is 16.7 Å². The van der Waals surface area contributed by atoms with Crippen molar-refractivity contribution in [3.8, 4) is 0 Å². The van der Waals surface area contributed by atoms with E-state index >= 15 is 0 Å². The van der Waals surface area contributed by atoms with Crippen molar-refractivity contribution in [2.75, 3.05) is 6.54 Å². The summed E-state index contributed by atoms with van der Waals surface area (Å²) in [6.07, 6.45) is -0.490. The maximum absolute atomic E-state index is 13.5. The van der Waals surface area contributed by atoms with Gasteiger partial charge in [-0.25, -0.2) is 4.39 Å². The molecule has 0 atom stereocenters. The Morgan fingerprint density at radius 3 is 2.50 bits per heavy atom. The number of benzene rings is 1. The summed E-state index contributed by atoms with van der Waals surface area (Å²) < 4.78 is 13.5. The van der Waals surface area contributed by atoms with Crippen LogP contribution in [0.5, 0.6) is 0 Å². The van der Waals surface area contributed by atoms with Crippen molar-refractivity contribution in [3.05, 3.63) is 38.7 Å². The number of carbonyl (C=O) groups excluding carboxylic acids is 1. The lowest BCUT2D eigenvalue weighted by Gasteiger charge is -2.24. The standard InChI is InChI=1S/C13H14ClFN2O5/c1-7(2)16(6-13(19)20)12(18)4-8-3-10(15)9(14)5-11(8)17(21)22/h3,5,7H,4,6H2,1-2H3,(H,19,20). The Morgan fingerprint density at radius 1 is 1.45 bits per heavy atom. The molecule has 0 radical (unpaired) electrons. The number of hydrogen-bond donors (Lipinski definition) is 1. The predicted octanol–water partition coefficient (Wildman–Crippen LogP) is 2.25. The van der Waals surface area contributed by atoms with Gasteiger partial charge in [0.2, 0.25) is 5.91 Å². The third-order valence-corrected chi connectivity index (χ3v) is 3.20. The maximum atomic E-state index is 13.5. The van der Waals surface area contributed by atoms with Crippen LogP contribution in [0, 0.1) is 15.9 Å². The Hall–Kier alpha value is -2.22. The molecule has 0 saturated heterocycles. The van der Waals surface area contributed by atoms with Crippen LogP contribution in [0.4, 0.5) is 10.1 Å². The fraction of sp³-hybridized carbons (Fsp3) is 0.385. The molecule has 0 heterocycles. The molecule has 9 heteroatoms. The lowest BCUT2D eigenvalue weighted by atomic mass is 10.1. The van der Waals surface area contributed by atoms with E-state index in [1.165, 1.54) is 0 Å². The number of carbonyl (C=O) groups is 2. The van der Waals surface area contributed by atoms with Crippen molar-refractivity contribution in [2.45, 2.75) is 26.3 Å². The Labute approximate surface area is 130 Å². The third-order valence-electron chi connectivity index (χ3n) is 2.91. The van der Waals surface area contributed by atoms with Crippen molar-refractivity contribution in [2.24, 2.45) is 0 Å². The molecule has 1 rings (SSSR count). The van der Waals surface area contributed by atoms with E-state index in [2.05, 4.69) is 0 Å². The van der Waals surface area contributed by atoms with Crippen molar-refractivity contribution in [1.82, 2.24) is 4.90 Å². The minimum atomic E-state index is -1.21. The van der Waals surface area contributed by atoms with Crippen LogP contribution in [0.25, 0.3) is 0 Å². The van der Waals surface area contributed by atoms with Crippen LogP contribution < -0.4 is 0 Å². The topological polar surface area (TPSA) is 101 Å². The molecule has 0 saturated carbocycles. The summed E-state index contributed by atoms with van der Waals surface area (Å²) in [5.41, 5.74) is -0.647. The molecule has 120 valence electrons. The molecule has 0 fully saturated rings. The number of halogens is 2. The second-order valence-corrected chi connectivity index (χ2v) is 5.25. The van der Waals surface area contributed by atoms with Crippen LogP contribution in [0.15, 0.2) is 12.1 Å². The van der Waals surface area contributed by atoms with Gasteiger partial charge in [0.1, 0.15) is 12.4 Å². The molecule has 1 N–H and O–H groups in total. The highest BCUT2D eigenvalue weighted by Crippen LogP contribution is 2.27. The van der Waals surface area contributed by atoms with Crippen molar-refractivity contribution in [3.63, 3.8) is 0 Å². The van der Waals surface area contributed by atoms with Crippen molar-refractivity contribution < 1.29 is 24.0 Å². The summed E-state index contributed by atoms with van der Waals surface area (Å²) in [7, 11) is 0. The molecule has 0 spiro atoms. The lowest BCUT2D eigenvalue weighted by Crippen LogP contribution is -2.41. The van der Waals surface area contributed by atoms with E-state index in [0.717, 1.165) is 17.0 Å². The molecule has 7 nitrogen and oxygen atoms in total. The average Bonchev–Trinajstić information content (AvgIpc) is 2.38. The number of aliphatic carboxylic acids is 1. The zero-order valence-corrected chi connectivity index (χ0v) is 12.6. The van der Waals surface area contributed by atoms with E-state index in [-0.39, 0.29) is 5.56 Å². The van der Waals surface area contributed by atoms with Crippen LogP contribution >= 0.6 is 11.6 Å². The molecule has 1 aromatic carbocycles. The van der Waals surface area contributed by atoms with Gasteiger partial charge in [0.15, 0.2) is 0 Å². The summed E-state index contributed by atoms with van der Waals surface area (Å²) in [6.45, 7) is 2.68. The van der Waals surface area contributed by atoms with E-state index in [9.17, 15) is 24.1 Å². The van der Waals surface area contributed by atoms with Gasteiger partial charge >= 0.3 is 5.97 Å². The van der Waals surface area contributed by atoms with Crippen molar-refractivity contribution >= 4 is 29.2 Å². The smallest absolute Gasteiger partial charge is 0.323 e. The SMILES string of the molecule is CC(C)N(CC(=O)O)C(=O)Cc1cc(F)c(Cl)cc1[N+](=O)[O-]. The van der Waals surface area contributed by atoms with Crippen LogP contribution in [0.1, 0.15) is 19.4 Å². The first-order chi connectivity index (χ1) is 10.1.